The van der Waals surface area contributed by atoms with Crippen molar-refractivity contribution >= 4 is 6.09 Å². The Morgan fingerprint density at radius 2 is 1.82 bits per heavy atom. The molecule has 1 N–H and O–H groups in total. The molecule has 0 aliphatic carbocycles. The van der Waals surface area contributed by atoms with E-state index >= 15 is 0 Å². The molecule has 2 aromatic carbocycles. The molecule has 0 radical (unpaired) electrons. The van der Waals surface area contributed by atoms with E-state index in [1.54, 1.807) is 11.0 Å². The van der Waals surface area contributed by atoms with Gasteiger partial charge in [-0.15, -0.1) is 0 Å². The number of carbonyl (C=O) groups excluding carboxylic acids is 1. The Kier molecular flexibility index (Phi) is 7.62. The number of benzene rings is 2. The SMILES string of the molecule is COc1ccc(C(C)(F)F)cc1CN[C@H]1CCCN(C(=O)OC(C)(C)C)[C@H]1c1ccccc1. The summed E-state index contributed by atoms with van der Waals surface area (Å²) in [7, 11) is 1.53. The molecule has 7 heteroatoms. The molecular weight excluding hydrogens is 426 g/mol. The van der Waals surface area contributed by atoms with E-state index in [1.807, 2.05) is 51.1 Å². The number of alkyl halides is 2. The molecule has 2 atom stereocenters. The highest BCUT2D eigenvalue weighted by Crippen LogP contribution is 2.34. The smallest absolute Gasteiger partial charge is 0.410 e. The van der Waals surface area contributed by atoms with Crippen LogP contribution in [0.25, 0.3) is 0 Å². The first-order chi connectivity index (χ1) is 15.5. The maximum atomic E-state index is 13.9. The summed E-state index contributed by atoms with van der Waals surface area (Å²) in [5, 5.41) is 3.51. The van der Waals surface area contributed by atoms with Crippen LogP contribution in [0.5, 0.6) is 5.75 Å². The van der Waals surface area contributed by atoms with Gasteiger partial charge in [0.1, 0.15) is 11.4 Å². The van der Waals surface area contributed by atoms with Gasteiger partial charge in [-0.1, -0.05) is 30.3 Å². The van der Waals surface area contributed by atoms with Gasteiger partial charge in [-0.25, -0.2) is 13.6 Å². The molecule has 2 aromatic rings. The topological polar surface area (TPSA) is 50.8 Å². The van der Waals surface area contributed by atoms with Crippen molar-refractivity contribution < 1.29 is 23.0 Å². The van der Waals surface area contributed by atoms with Gasteiger partial charge in [-0.2, -0.15) is 0 Å². The van der Waals surface area contributed by atoms with E-state index in [-0.39, 0.29) is 23.7 Å². The van der Waals surface area contributed by atoms with E-state index in [9.17, 15) is 13.6 Å². The van der Waals surface area contributed by atoms with Crippen molar-refractivity contribution in [2.24, 2.45) is 0 Å². The van der Waals surface area contributed by atoms with Crippen LogP contribution in [0.4, 0.5) is 13.6 Å². The third-order valence-electron chi connectivity index (χ3n) is 5.74. The lowest BCUT2D eigenvalue weighted by molar-refractivity contribution is 0.00368. The van der Waals surface area contributed by atoms with Crippen molar-refractivity contribution in [1.29, 1.82) is 0 Å². The van der Waals surface area contributed by atoms with Crippen LogP contribution in [0.2, 0.25) is 0 Å². The second kappa shape index (κ2) is 10.1. The lowest BCUT2D eigenvalue weighted by Crippen LogP contribution is -2.51. The molecule has 0 aromatic heterocycles. The highest BCUT2D eigenvalue weighted by atomic mass is 19.3. The second-order valence-electron chi connectivity index (χ2n) is 9.57. The number of hydrogen-bond donors (Lipinski definition) is 1. The number of likely N-dealkylation sites (tertiary alicyclic amines) is 1. The molecule has 1 saturated heterocycles. The van der Waals surface area contributed by atoms with Gasteiger partial charge in [-0.3, -0.25) is 4.90 Å². The van der Waals surface area contributed by atoms with Crippen LogP contribution in [-0.4, -0.2) is 36.3 Å². The normalized spacial score (nSPS) is 19.3. The molecule has 5 nitrogen and oxygen atoms in total. The van der Waals surface area contributed by atoms with Gasteiger partial charge in [-0.05, 0) is 57.4 Å². The lowest BCUT2D eigenvalue weighted by atomic mass is 9.90. The van der Waals surface area contributed by atoms with Gasteiger partial charge in [0, 0.05) is 37.2 Å². The summed E-state index contributed by atoms with van der Waals surface area (Å²) in [5.41, 5.74) is 0.996. The number of hydrogen-bond acceptors (Lipinski definition) is 4. The first-order valence-corrected chi connectivity index (χ1v) is 11.3. The fourth-order valence-electron chi connectivity index (χ4n) is 4.23. The molecule has 180 valence electrons. The molecule has 1 aliphatic rings. The highest BCUT2D eigenvalue weighted by Gasteiger charge is 2.37. The summed E-state index contributed by atoms with van der Waals surface area (Å²) < 4.78 is 38.9. The zero-order valence-corrected chi connectivity index (χ0v) is 20.0. The summed E-state index contributed by atoms with van der Waals surface area (Å²) >= 11 is 0. The molecule has 0 unspecified atom stereocenters. The molecule has 0 spiro atoms. The average molecular weight is 461 g/mol. The zero-order valence-electron chi connectivity index (χ0n) is 20.0. The van der Waals surface area contributed by atoms with Crippen molar-refractivity contribution in [3.63, 3.8) is 0 Å². The summed E-state index contributed by atoms with van der Waals surface area (Å²) in [5.74, 6) is -2.39. The minimum Gasteiger partial charge on any atom is -0.496 e. The summed E-state index contributed by atoms with van der Waals surface area (Å²) in [6.45, 7) is 7.37. The van der Waals surface area contributed by atoms with Crippen LogP contribution in [0.15, 0.2) is 48.5 Å². The van der Waals surface area contributed by atoms with Crippen LogP contribution in [0.3, 0.4) is 0 Å². The number of nitrogens with zero attached hydrogens (tertiary/aromatic N) is 1. The average Bonchev–Trinajstić information content (AvgIpc) is 2.76. The van der Waals surface area contributed by atoms with E-state index in [2.05, 4.69) is 5.32 Å². The Bertz CT molecular complexity index is 939. The molecule has 3 rings (SSSR count). The largest absolute Gasteiger partial charge is 0.496 e. The summed E-state index contributed by atoms with van der Waals surface area (Å²) in [6.07, 6.45) is 1.29. The van der Waals surface area contributed by atoms with Gasteiger partial charge in [0.15, 0.2) is 0 Å². The summed E-state index contributed by atoms with van der Waals surface area (Å²) in [4.78, 5) is 14.8. The Morgan fingerprint density at radius 1 is 1.12 bits per heavy atom. The van der Waals surface area contributed by atoms with Gasteiger partial charge in [0.25, 0.3) is 5.92 Å². The van der Waals surface area contributed by atoms with Crippen molar-refractivity contribution in [2.45, 2.75) is 70.7 Å². The minimum absolute atomic E-state index is 0.0567. The predicted octanol–water partition coefficient (Wildman–Crippen LogP) is 6.04. The number of nitrogens with one attached hydrogen (secondary N) is 1. The number of methoxy groups -OCH3 is 1. The van der Waals surface area contributed by atoms with E-state index in [1.165, 1.54) is 19.2 Å². The van der Waals surface area contributed by atoms with Crippen LogP contribution >= 0.6 is 0 Å². The zero-order chi connectivity index (χ0) is 24.2. The maximum Gasteiger partial charge on any atom is 0.410 e. The molecule has 1 fully saturated rings. The molecule has 0 saturated carbocycles. The van der Waals surface area contributed by atoms with E-state index in [4.69, 9.17) is 9.47 Å². The van der Waals surface area contributed by atoms with E-state index < -0.39 is 11.5 Å². The third kappa shape index (κ3) is 6.44. The molecule has 1 amide bonds. The van der Waals surface area contributed by atoms with E-state index in [0.29, 0.717) is 24.4 Å². The van der Waals surface area contributed by atoms with Gasteiger partial charge < -0.3 is 14.8 Å². The standard InChI is InChI=1S/C26H34F2N2O3/c1-25(2,3)33-24(31)30-15-9-12-21(23(30)18-10-7-6-8-11-18)29-17-19-16-20(26(4,27)28)13-14-22(19)32-5/h6-8,10-11,13-14,16,21,23,29H,9,12,15,17H2,1-5H3/t21-,23-/m0/s1. The van der Waals surface area contributed by atoms with Crippen molar-refractivity contribution in [1.82, 2.24) is 10.2 Å². The van der Waals surface area contributed by atoms with Crippen LogP contribution in [-0.2, 0) is 17.2 Å². The lowest BCUT2D eigenvalue weighted by Gasteiger charge is -2.42. The number of ether oxygens (including phenoxy) is 2. The fraction of sp³-hybridized carbons (Fsp3) is 0.500. The van der Waals surface area contributed by atoms with Crippen molar-refractivity contribution in [2.75, 3.05) is 13.7 Å². The Labute approximate surface area is 195 Å². The predicted molar refractivity (Wildman–Crippen MR) is 125 cm³/mol. The third-order valence-corrected chi connectivity index (χ3v) is 5.74. The number of rotatable bonds is 6. The minimum atomic E-state index is -2.94. The molecule has 0 bridgehead atoms. The van der Waals surface area contributed by atoms with Gasteiger partial charge >= 0.3 is 6.09 Å². The first kappa shape index (κ1) is 25.0. The van der Waals surface area contributed by atoms with E-state index in [0.717, 1.165) is 25.3 Å². The number of halogens is 2. The highest BCUT2D eigenvalue weighted by molar-refractivity contribution is 5.69. The summed E-state index contributed by atoms with van der Waals surface area (Å²) in [6, 6.07) is 14.0. The number of piperidine rings is 1. The van der Waals surface area contributed by atoms with Crippen LogP contribution in [0, 0.1) is 0 Å². The van der Waals surface area contributed by atoms with Crippen LogP contribution in [0.1, 0.15) is 63.3 Å². The Balaban J connectivity index is 1.87. The Hall–Kier alpha value is -2.67. The molecular formula is C26H34F2N2O3. The first-order valence-electron chi connectivity index (χ1n) is 11.3. The second-order valence-corrected chi connectivity index (χ2v) is 9.57. The quantitative estimate of drug-likeness (QED) is 0.571. The van der Waals surface area contributed by atoms with Crippen molar-refractivity contribution in [3.05, 3.63) is 65.2 Å². The number of carbonyl (C=O) groups is 1. The van der Waals surface area contributed by atoms with Gasteiger partial charge in [0.05, 0.1) is 13.2 Å². The molecule has 1 aliphatic heterocycles. The number of amides is 1. The molecule has 1 heterocycles. The monoisotopic (exact) mass is 460 g/mol. The maximum absolute atomic E-state index is 13.9. The fourth-order valence-corrected chi connectivity index (χ4v) is 4.23. The molecule has 33 heavy (non-hydrogen) atoms. The Morgan fingerprint density at radius 3 is 2.42 bits per heavy atom. The van der Waals surface area contributed by atoms with Crippen molar-refractivity contribution in [3.8, 4) is 5.75 Å². The van der Waals surface area contributed by atoms with Crippen LogP contribution < -0.4 is 10.1 Å². The van der Waals surface area contributed by atoms with Gasteiger partial charge in [0.2, 0.25) is 0 Å².